The molecule has 0 atom stereocenters. The van der Waals surface area contributed by atoms with Crippen LogP contribution in [-0.4, -0.2) is 38.9 Å². The molecule has 0 spiro atoms. The number of rotatable bonds is 3. The SMILES string of the molecule is CC(=O)C(O)=C(C(C)=O)C1(O)C(=O)c2ccccc2C1=O. The third-order valence-electron chi connectivity index (χ3n) is 3.36. The van der Waals surface area contributed by atoms with E-state index >= 15 is 0 Å². The number of aliphatic hydroxyl groups excluding tert-OH is 1. The van der Waals surface area contributed by atoms with E-state index in [1.807, 2.05) is 0 Å². The number of ketones is 4. The number of hydrogen-bond donors (Lipinski definition) is 2. The highest BCUT2D eigenvalue weighted by molar-refractivity contribution is 6.37. The molecule has 0 bridgehead atoms. The summed E-state index contributed by atoms with van der Waals surface area (Å²) in [7, 11) is 0. The second-order valence-corrected chi connectivity index (χ2v) is 4.75. The van der Waals surface area contributed by atoms with E-state index in [0.717, 1.165) is 13.8 Å². The van der Waals surface area contributed by atoms with Crippen molar-refractivity contribution >= 4 is 23.1 Å². The fourth-order valence-electron chi connectivity index (χ4n) is 2.37. The molecule has 0 aromatic heterocycles. The summed E-state index contributed by atoms with van der Waals surface area (Å²) < 4.78 is 0. The highest BCUT2D eigenvalue weighted by atomic mass is 16.3. The molecule has 0 saturated heterocycles. The highest BCUT2D eigenvalue weighted by Gasteiger charge is 2.57. The average Bonchev–Trinajstić information content (AvgIpc) is 2.62. The Morgan fingerprint density at radius 3 is 1.71 bits per heavy atom. The molecule has 2 N–H and O–H groups in total. The summed E-state index contributed by atoms with van der Waals surface area (Å²) in [5.74, 6) is -4.99. The molecule has 2 rings (SSSR count). The molecule has 6 nitrogen and oxygen atoms in total. The van der Waals surface area contributed by atoms with Crippen molar-refractivity contribution in [3.63, 3.8) is 0 Å². The largest absolute Gasteiger partial charge is 0.504 e. The van der Waals surface area contributed by atoms with Crippen LogP contribution in [0.4, 0.5) is 0 Å². The van der Waals surface area contributed by atoms with Gasteiger partial charge in [0.25, 0.3) is 0 Å². The lowest BCUT2D eigenvalue weighted by Gasteiger charge is -2.21. The van der Waals surface area contributed by atoms with Gasteiger partial charge in [-0.1, -0.05) is 24.3 Å². The Hall–Kier alpha value is -2.60. The van der Waals surface area contributed by atoms with Crippen molar-refractivity contribution in [2.75, 3.05) is 0 Å². The fraction of sp³-hybridized carbons (Fsp3) is 0.200. The number of carbonyl (C=O) groups is 4. The van der Waals surface area contributed by atoms with E-state index in [4.69, 9.17) is 0 Å². The molecule has 0 amide bonds. The molecule has 0 unspecified atom stereocenters. The van der Waals surface area contributed by atoms with E-state index in [9.17, 15) is 29.4 Å². The smallest absolute Gasteiger partial charge is 0.223 e. The highest BCUT2D eigenvalue weighted by Crippen LogP contribution is 2.36. The van der Waals surface area contributed by atoms with Crippen LogP contribution in [-0.2, 0) is 9.59 Å². The van der Waals surface area contributed by atoms with Crippen molar-refractivity contribution < 1.29 is 29.4 Å². The Morgan fingerprint density at radius 1 is 0.952 bits per heavy atom. The molecule has 0 aliphatic heterocycles. The van der Waals surface area contributed by atoms with E-state index in [1.54, 1.807) is 0 Å². The number of fused-ring (bicyclic) bond motifs is 1. The molecule has 1 aromatic carbocycles. The van der Waals surface area contributed by atoms with Crippen molar-refractivity contribution in [3.8, 4) is 0 Å². The van der Waals surface area contributed by atoms with Crippen LogP contribution in [0.15, 0.2) is 35.6 Å². The Morgan fingerprint density at radius 2 is 1.38 bits per heavy atom. The van der Waals surface area contributed by atoms with E-state index in [-0.39, 0.29) is 11.1 Å². The summed E-state index contributed by atoms with van der Waals surface area (Å²) in [6.45, 7) is 1.91. The van der Waals surface area contributed by atoms with Gasteiger partial charge in [0.05, 0.1) is 5.57 Å². The maximum atomic E-state index is 12.3. The van der Waals surface area contributed by atoms with Gasteiger partial charge in [-0.25, -0.2) is 0 Å². The number of carbonyl (C=O) groups excluding carboxylic acids is 4. The van der Waals surface area contributed by atoms with Crippen molar-refractivity contribution in [1.82, 2.24) is 0 Å². The maximum absolute atomic E-state index is 12.3. The van der Waals surface area contributed by atoms with Gasteiger partial charge < -0.3 is 10.2 Å². The predicted octanol–water partition coefficient (Wildman–Crippen LogP) is 0.787. The second-order valence-electron chi connectivity index (χ2n) is 4.75. The normalized spacial score (nSPS) is 17.3. The van der Waals surface area contributed by atoms with Gasteiger partial charge in [-0.3, -0.25) is 19.2 Å². The summed E-state index contributed by atoms with van der Waals surface area (Å²) in [6.07, 6.45) is 0. The first-order valence-electron chi connectivity index (χ1n) is 6.09. The van der Waals surface area contributed by atoms with Crippen LogP contribution >= 0.6 is 0 Å². The van der Waals surface area contributed by atoms with E-state index in [0.29, 0.717) is 0 Å². The van der Waals surface area contributed by atoms with Gasteiger partial charge in [0, 0.05) is 18.1 Å². The summed E-state index contributed by atoms with van der Waals surface area (Å²) in [5.41, 5.74) is -3.85. The average molecular weight is 288 g/mol. The number of aliphatic hydroxyl groups is 2. The molecule has 0 saturated carbocycles. The second kappa shape index (κ2) is 4.75. The molecule has 0 radical (unpaired) electrons. The zero-order chi connectivity index (χ0) is 15.9. The zero-order valence-electron chi connectivity index (χ0n) is 11.3. The van der Waals surface area contributed by atoms with Crippen LogP contribution in [0.1, 0.15) is 34.6 Å². The van der Waals surface area contributed by atoms with Gasteiger partial charge >= 0.3 is 0 Å². The van der Waals surface area contributed by atoms with Gasteiger partial charge in [0.2, 0.25) is 17.2 Å². The third kappa shape index (κ3) is 1.92. The summed E-state index contributed by atoms with van der Waals surface area (Å²) in [4.78, 5) is 47.6. The summed E-state index contributed by atoms with van der Waals surface area (Å²) in [6, 6.07) is 5.65. The first kappa shape index (κ1) is 14.8. The van der Waals surface area contributed by atoms with Crippen molar-refractivity contribution in [2.45, 2.75) is 19.4 Å². The molecule has 1 aliphatic rings. The fourth-order valence-corrected chi connectivity index (χ4v) is 2.37. The molecule has 0 heterocycles. The molecule has 108 valence electrons. The molecular formula is C15H12O6. The lowest BCUT2D eigenvalue weighted by Crippen LogP contribution is -2.46. The Balaban J connectivity index is 2.77. The minimum atomic E-state index is -2.86. The minimum absolute atomic E-state index is 0.0555. The van der Waals surface area contributed by atoms with Crippen molar-refractivity contribution in [1.29, 1.82) is 0 Å². The maximum Gasteiger partial charge on any atom is 0.223 e. The monoisotopic (exact) mass is 288 g/mol. The van der Waals surface area contributed by atoms with Crippen LogP contribution in [0.5, 0.6) is 0 Å². The van der Waals surface area contributed by atoms with Gasteiger partial charge in [0.1, 0.15) is 0 Å². The first-order chi connectivity index (χ1) is 9.72. The van der Waals surface area contributed by atoms with Crippen LogP contribution < -0.4 is 0 Å². The molecule has 21 heavy (non-hydrogen) atoms. The molecule has 1 aromatic rings. The van der Waals surface area contributed by atoms with Crippen molar-refractivity contribution in [2.24, 2.45) is 0 Å². The van der Waals surface area contributed by atoms with Crippen molar-refractivity contribution in [3.05, 3.63) is 46.7 Å². The van der Waals surface area contributed by atoms with Gasteiger partial charge in [-0.15, -0.1) is 0 Å². The third-order valence-corrected chi connectivity index (χ3v) is 3.36. The summed E-state index contributed by atoms with van der Waals surface area (Å²) in [5, 5.41) is 20.3. The van der Waals surface area contributed by atoms with Crippen LogP contribution in [0.3, 0.4) is 0 Å². The van der Waals surface area contributed by atoms with E-state index < -0.39 is 40.1 Å². The predicted molar refractivity (Wildman–Crippen MR) is 71.1 cm³/mol. The minimum Gasteiger partial charge on any atom is -0.504 e. The van der Waals surface area contributed by atoms with Gasteiger partial charge in [0.15, 0.2) is 17.3 Å². The molecule has 0 fully saturated rings. The molecule has 6 heteroatoms. The lowest BCUT2D eigenvalue weighted by molar-refractivity contribution is -0.119. The number of hydrogen-bond acceptors (Lipinski definition) is 6. The van der Waals surface area contributed by atoms with E-state index in [2.05, 4.69) is 0 Å². The molecular weight excluding hydrogens is 276 g/mol. The Bertz CT molecular complexity index is 690. The number of benzene rings is 1. The molecule has 1 aliphatic carbocycles. The zero-order valence-corrected chi connectivity index (χ0v) is 11.3. The number of Topliss-reactive ketones (excluding diaryl/α,β-unsaturated/α-hetero) is 4. The summed E-state index contributed by atoms with van der Waals surface area (Å²) >= 11 is 0. The van der Waals surface area contributed by atoms with Crippen LogP contribution in [0.2, 0.25) is 0 Å². The Kier molecular flexibility index (Phi) is 3.35. The van der Waals surface area contributed by atoms with Gasteiger partial charge in [-0.05, 0) is 6.92 Å². The topological polar surface area (TPSA) is 109 Å². The Labute approximate surface area is 119 Å². The van der Waals surface area contributed by atoms with Gasteiger partial charge in [-0.2, -0.15) is 0 Å². The lowest BCUT2D eigenvalue weighted by atomic mass is 9.84. The van der Waals surface area contributed by atoms with E-state index in [1.165, 1.54) is 24.3 Å². The van der Waals surface area contributed by atoms with Crippen LogP contribution in [0, 0.1) is 0 Å². The van der Waals surface area contributed by atoms with Crippen LogP contribution in [0.25, 0.3) is 0 Å². The first-order valence-corrected chi connectivity index (χ1v) is 6.09. The standard InChI is InChI=1S/C15H12O6/c1-7(16)11(12(18)8(2)17)15(21)13(19)9-5-3-4-6-10(9)14(15)20/h3-6,18,21H,1-2H3. The quantitative estimate of drug-likeness (QED) is 0.483. The number of allylic oxidation sites excluding steroid dienone is 1.